The molecule has 1 fully saturated rings. The number of amides is 1. The Labute approximate surface area is 157 Å². The number of rotatable bonds is 6. The topological polar surface area (TPSA) is 54.5 Å². The summed E-state index contributed by atoms with van der Waals surface area (Å²) in [5, 5.41) is 2.87. The first-order valence-electron chi connectivity index (χ1n) is 8.99. The molecule has 1 saturated heterocycles. The Morgan fingerprint density at radius 3 is 2.96 bits per heavy atom. The summed E-state index contributed by atoms with van der Waals surface area (Å²) >= 11 is 0. The number of pyridine rings is 1. The maximum absolute atomic E-state index is 12.5. The number of ether oxygens (including phenoxy) is 1. The summed E-state index contributed by atoms with van der Waals surface area (Å²) in [6, 6.07) is 10.4. The van der Waals surface area contributed by atoms with E-state index in [-0.39, 0.29) is 17.6 Å². The Kier molecular flexibility index (Phi) is 6.34. The summed E-state index contributed by atoms with van der Waals surface area (Å²) in [7, 11) is 0. The minimum atomic E-state index is -2.83. The van der Waals surface area contributed by atoms with Crippen LogP contribution in [0.25, 0.3) is 0 Å². The van der Waals surface area contributed by atoms with E-state index in [2.05, 4.69) is 19.9 Å². The van der Waals surface area contributed by atoms with Gasteiger partial charge in [-0.3, -0.25) is 9.69 Å². The average Bonchev–Trinajstić information content (AvgIpc) is 2.63. The molecule has 2 heterocycles. The van der Waals surface area contributed by atoms with Crippen LogP contribution in [0.3, 0.4) is 0 Å². The highest BCUT2D eigenvalue weighted by atomic mass is 19.3. The molecule has 0 spiro atoms. The minimum absolute atomic E-state index is 0.0363. The second-order valence-corrected chi connectivity index (χ2v) is 6.81. The van der Waals surface area contributed by atoms with Gasteiger partial charge in [0.25, 0.3) is 0 Å². The van der Waals surface area contributed by atoms with Crippen molar-refractivity contribution in [2.75, 3.05) is 18.4 Å². The van der Waals surface area contributed by atoms with Crippen LogP contribution in [-0.2, 0) is 11.3 Å². The first-order chi connectivity index (χ1) is 13.0. The van der Waals surface area contributed by atoms with Crippen LogP contribution in [0.2, 0.25) is 0 Å². The van der Waals surface area contributed by atoms with E-state index < -0.39 is 6.61 Å². The highest BCUT2D eigenvalue weighted by Crippen LogP contribution is 2.22. The number of benzene rings is 1. The maximum atomic E-state index is 12.5. The molecule has 1 amide bonds. The fourth-order valence-electron chi connectivity index (χ4n) is 3.26. The number of hydrogen-bond acceptors (Lipinski definition) is 4. The standard InChI is InChI=1S/C20H23F2N3O2/c1-14-7-8-18(23-11-14)24-19(26)16-5-3-9-25(13-16)12-15-4-2-6-17(10-15)27-20(21)22/h2,4,6-8,10-11,16,20H,3,5,9,12-13H2,1H3,(H,23,24,26)/t16-/m0/s1. The molecule has 3 rings (SSSR count). The molecule has 0 saturated carbocycles. The van der Waals surface area contributed by atoms with Crippen molar-refractivity contribution in [3.8, 4) is 5.75 Å². The van der Waals surface area contributed by atoms with E-state index in [0.29, 0.717) is 18.9 Å². The largest absolute Gasteiger partial charge is 0.435 e. The Morgan fingerprint density at radius 1 is 1.37 bits per heavy atom. The predicted octanol–water partition coefficient (Wildman–Crippen LogP) is 3.84. The van der Waals surface area contributed by atoms with Crippen molar-refractivity contribution in [3.63, 3.8) is 0 Å². The summed E-state index contributed by atoms with van der Waals surface area (Å²) in [5.41, 5.74) is 1.92. The lowest BCUT2D eigenvalue weighted by Crippen LogP contribution is -2.40. The van der Waals surface area contributed by atoms with Gasteiger partial charge >= 0.3 is 6.61 Å². The third-order valence-electron chi connectivity index (χ3n) is 4.57. The van der Waals surface area contributed by atoms with Gasteiger partial charge in [0.2, 0.25) is 5.91 Å². The van der Waals surface area contributed by atoms with Crippen LogP contribution < -0.4 is 10.1 Å². The number of alkyl halides is 2. The van der Waals surface area contributed by atoms with Crippen molar-refractivity contribution in [2.24, 2.45) is 5.92 Å². The van der Waals surface area contributed by atoms with Crippen molar-refractivity contribution in [3.05, 3.63) is 53.7 Å². The Balaban J connectivity index is 1.57. The Morgan fingerprint density at radius 2 is 2.22 bits per heavy atom. The molecule has 144 valence electrons. The average molecular weight is 375 g/mol. The molecule has 1 aromatic heterocycles. The molecule has 27 heavy (non-hydrogen) atoms. The van der Waals surface area contributed by atoms with Gasteiger partial charge in [-0.2, -0.15) is 8.78 Å². The molecule has 0 unspecified atom stereocenters. The number of aromatic nitrogens is 1. The molecule has 7 heteroatoms. The van der Waals surface area contributed by atoms with E-state index in [1.165, 1.54) is 6.07 Å². The maximum Gasteiger partial charge on any atom is 0.387 e. The summed E-state index contributed by atoms with van der Waals surface area (Å²) in [4.78, 5) is 18.9. The van der Waals surface area contributed by atoms with Crippen molar-refractivity contribution in [2.45, 2.75) is 32.9 Å². The number of carbonyl (C=O) groups is 1. The highest BCUT2D eigenvalue weighted by molar-refractivity contribution is 5.91. The number of nitrogens with one attached hydrogen (secondary N) is 1. The number of halogens is 2. The summed E-state index contributed by atoms with van der Waals surface area (Å²) in [6.45, 7) is 1.19. The lowest BCUT2D eigenvalue weighted by molar-refractivity contribution is -0.121. The predicted molar refractivity (Wildman–Crippen MR) is 98.7 cm³/mol. The van der Waals surface area contributed by atoms with Crippen molar-refractivity contribution in [1.82, 2.24) is 9.88 Å². The molecular formula is C20H23F2N3O2. The van der Waals surface area contributed by atoms with Gasteiger partial charge in [-0.15, -0.1) is 0 Å². The molecule has 0 radical (unpaired) electrons. The van der Waals surface area contributed by atoms with Gasteiger partial charge in [0.1, 0.15) is 11.6 Å². The lowest BCUT2D eigenvalue weighted by atomic mass is 9.96. The van der Waals surface area contributed by atoms with Crippen LogP contribution in [-0.4, -0.2) is 35.5 Å². The summed E-state index contributed by atoms with van der Waals surface area (Å²) in [5.74, 6) is 0.548. The third-order valence-corrected chi connectivity index (χ3v) is 4.57. The van der Waals surface area contributed by atoms with Gasteiger partial charge in [-0.1, -0.05) is 18.2 Å². The molecule has 1 aliphatic rings. The van der Waals surface area contributed by atoms with Crippen LogP contribution >= 0.6 is 0 Å². The van der Waals surface area contributed by atoms with Crippen LogP contribution in [0, 0.1) is 12.8 Å². The van der Waals surface area contributed by atoms with Gasteiger partial charge in [-0.05, 0) is 55.6 Å². The number of hydrogen-bond donors (Lipinski definition) is 1. The Bertz CT molecular complexity index is 768. The van der Waals surface area contributed by atoms with E-state index in [1.54, 1.807) is 24.4 Å². The molecule has 1 aromatic carbocycles. The minimum Gasteiger partial charge on any atom is -0.435 e. The number of piperidine rings is 1. The van der Waals surface area contributed by atoms with Gasteiger partial charge in [0, 0.05) is 19.3 Å². The van der Waals surface area contributed by atoms with Gasteiger partial charge in [0.05, 0.1) is 5.92 Å². The molecule has 0 aliphatic carbocycles. The third kappa shape index (κ3) is 5.72. The Hall–Kier alpha value is -2.54. The van der Waals surface area contributed by atoms with Crippen LogP contribution in [0.4, 0.5) is 14.6 Å². The first-order valence-corrected chi connectivity index (χ1v) is 8.99. The van der Waals surface area contributed by atoms with Crippen molar-refractivity contribution in [1.29, 1.82) is 0 Å². The van der Waals surface area contributed by atoms with Gasteiger partial charge in [-0.25, -0.2) is 4.98 Å². The lowest BCUT2D eigenvalue weighted by Gasteiger charge is -2.32. The van der Waals surface area contributed by atoms with E-state index in [1.807, 2.05) is 19.1 Å². The number of aryl methyl sites for hydroxylation is 1. The van der Waals surface area contributed by atoms with Crippen LogP contribution in [0.15, 0.2) is 42.6 Å². The monoisotopic (exact) mass is 375 g/mol. The number of anilines is 1. The highest BCUT2D eigenvalue weighted by Gasteiger charge is 2.26. The number of likely N-dealkylation sites (tertiary alicyclic amines) is 1. The molecule has 2 aromatic rings. The van der Waals surface area contributed by atoms with Crippen molar-refractivity contribution < 1.29 is 18.3 Å². The zero-order chi connectivity index (χ0) is 19.2. The SMILES string of the molecule is Cc1ccc(NC(=O)[C@H]2CCCN(Cc3cccc(OC(F)F)c3)C2)nc1. The molecule has 1 aliphatic heterocycles. The summed E-state index contributed by atoms with van der Waals surface area (Å²) < 4.78 is 29.2. The second kappa shape index (κ2) is 8.90. The molecule has 1 N–H and O–H groups in total. The number of carbonyl (C=O) groups excluding carboxylic acids is 1. The van der Waals surface area contributed by atoms with Crippen LogP contribution in [0.5, 0.6) is 5.75 Å². The molecule has 5 nitrogen and oxygen atoms in total. The van der Waals surface area contributed by atoms with E-state index >= 15 is 0 Å². The fraction of sp³-hybridized carbons (Fsp3) is 0.400. The molecular weight excluding hydrogens is 352 g/mol. The zero-order valence-corrected chi connectivity index (χ0v) is 15.2. The van der Waals surface area contributed by atoms with Crippen LogP contribution in [0.1, 0.15) is 24.0 Å². The smallest absolute Gasteiger partial charge is 0.387 e. The van der Waals surface area contributed by atoms with Crippen molar-refractivity contribution >= 4 is 11.7 Å². The molecule has 1 atom stereocenters. The van der Waals surface area contributed by atoms with Gasteiger partial charge in [0.15, 0.2) is 0 Å². The molecule has 0 bridgehead atoms. The first kappa shape index (κ1) is 19.2. The van der Waals surface area contributed by atoms with Gasteiger partial charge < -0.3 is 10.1 Å². The normalized spacial score (nSPS) is 17.7. The van der Waals surface area contributed by atoms with E-state index in [4.69, 9.17) is 0 Å². The summed E-state index contributed by atoms with van der Waals surface area (Å²) in [6.07, 6.45) is 3.45. The fourth-order valence-corrected chi connectivity index (χ4v) is 3.26. The number of nitrogens with zero attached hydrogens (tertiary/aromatic N) is 2. The zero-order valence-electron chi connectivity index (χ0n) is 15.2. The quantitative estimate of drug-likeness (QED) is 0.833. The van der Waals surface area contributed by atoms with E-state index in [0.717, 1.165) is 30.5 Å². The van der Waals surface area contributed by atoms with E-state index in [9.17, 15) is 13.6 Å². The second-order valence-electron chi connectivity index (χ2n) is 6.81.